The van der Waals surface area contributed by atoms with E-state index in [1.54, 1.807) is 19.1 Å². The van der Waals surface area contributed by atoms with Crippen molar-refractivity contribution in [3.63, 3.8) is 0 Å². The Morgan fingerprint density at radius 1 is 1.25 bits per heavy atom. The Kier molecular flexibility index (Phi) is 5.98. The Morgan fingerprint density at radius 2 is 2.07 bits per heavy atom. The number of carboxylic acids is 1. The lowest BCUT2D eigenvalue weighted by Crippen LogP contribution is -2.32. The first-order chi connectivity index (χ1) is 13.5. The molecule has 0 aromatic heterocycles. The summed E-state index contributed by atoms with van der Waals surface area (Å²) < 4.78 is 29.9. The molecule has 1 heterocycles. The summed E-state index contributed by atoms with van der Waals surface area (Å²) in [7, 11) is 0. The molecule has 0 saturated carbocycles. The fourth-order valence-electron chi connectivity index (χ4n) is 2.95. The van der Waals surface area contributed by atoms with Crippen LogP contribution in [0.15, 0.2) is 36.4 Å². The molecule has 7 nitrogen and oxygen atoms in total. The second-order valence-electron chi connectivity index (χ2n) is 6.10. The number of amides is 1. The first-order valence-electron chi connectivity index (χ1n) is 8.83. The molecule has 3 rings (SSSR count). The van der Waals surface area contributed by atoms with Gasteiger partial charge in [0, 0.05) is 17.5 Å². The molecule has 2 aromatic rings. The van der Waals surface area contributed by atoms with E-state index in [2.05, 4.69) is 5.32 Å². The Balaban J connectivity index is 1.79. The van der Waals surface area contributed by atoms with Crippen molar-refractivity contribution in [2.45, 2.75) is 19.4 Å². The molecule has 0 unspecified atom stereocenters. The summed E-state index contributed by atoms with van der Waals surface area (Å²) in [6.45, 7) is 1.86. The summed E-state index contributed by atoms with van der Waals surface area (Å²) in [5.74, 6) is -1.28. The maximum Gasteiger partial charge on any atom is 0.341 e. The minimum Gasteiger partial charge on any atom is -0.490 e. The molecule has 1 aliphatic rings. The van der Waals surface area contributed by atoms with Crippen LogP contribution in [0.2, 0.25) is 0 Å². The molecule has 1 atom stereocenters. The number of carbonyl (C=O) groups excluding carboxylic acids is 1. The number of benzene rings is 2. The van der Waals surface area contributed by atoms with Gasteiger partial charge in [0.2, 0.25) is 0 Å². The van der Waals surface area contributed by atoms with Crippen LogP contribution < -0.4 is 19.5 Å². The van der Waals surface area contributed by atoms with Crippen molar-refractivity contribution in [1.82, 2.24) is 5.32 Å². The van der Waals surface area contributed by atoms with Crippen molar-refractivity contribution in [3.8, 4) is 17.2 Å². The standard InChI is InChI=1S/C20H20FNO6/c1-2-26-17-10-12(6-7-16(17)28-11-18(23)24)20(25)22-15-8-9-27-19-13(15)4-3-5-14(19)21/h3-7,10,15H,2,8-9,11H2,1H3,(H,22,25)(H,23,24)/t15-/m1/s1. The Morgan fingerprint density at radius 3 is 2.82 bits per heavy atom. The number of aliphatic carboxylic acids is 1. The predicted octanol–water partition coefficient (Wildman–Crippen LogP) is 2.94. The van der Waals surface area contributed by atoms with Crippen LogP contribution in [-0.2, 0) is 4.79 Å². The largest absolute Gasteiger partial charge is 0.490 e. The van der Waals surface area contributed by atoms with E-state index in [0.29, 0.717) is 30.8 Å². The van der Waals surface area contributed by atoms with E-state index >= 15 is 0 Å². The van der Waals surface area contributed by atoms with E-state index in [1.165, 1.54) is 24.3 Å². The number of halogens is 1. The lowest BCUT2D eigenvalue weighted by molar-refractivity contribution is -0.139. The van der Waals surface area contributed by atoms with E-state index in [4.69, 9.17) is 19.3 Å². The topological polar surface area (TPSA) is 94.1 Å². The molecule has 0 bridgehead atoms. The summed E-state index contributed by atoms with van der Waals surface area (Å²) in [6, 6.07) is 8.71. The lowest BCUT2D eigenvalue weighted by atomic mass is 9.99. The number of hydrogen-bond acceptors (Lipinski definition) is 5. The van der Waals surface area contributed by atoms with Crippen molar-refractivity contribution in [1.29, 1.82) is 0 Å². The third-order valence-electron chi connectivity index (χ3n) is 4.19. The smallest absolute Gasteiger partial charge is 0.341 e. The van der Waals surface area contributed by atoms with E-state index < -0.39 is 18.4 Å². The second kappa shape index (κ2) is 8.60. The first-order valence-corrected chi connectivity index (χ1v) is 8.83. The number of carboxylic acid groups (broad SMARTS) is 1. The molecule has 148 valence electrons. The van der Waals surface area contributed by atoms with Crippen molar-refractivity contribution in [2.24, 2.45) is 0 Å². The molecular formula is C20H20FNO6. The monoisotopic (exact) mass is 389 g/mol. The van der Waals surface area contributed by atoms with E-state index in [-0.39, 0.29) is 29.2 Å². The van der Waals surface area contributed by atoms with Gasteiger partial charge in [-0.15, -0.1) is 0 Å². The number of nitrogens with one attached hydrogen (secondary N) is 1. The zero-order valence-electron chi connectivity index (χ0n) is 15.2. The average molecular weight is 389 g/mol. The highest BCUT2D eigenvalue weighted by molar-refractivity contribution is 5.95. The van der Waals surface area contributed by atoms with Crippen molar-refractivity contribution >= 4 is 11.9 Å². The molecule has 1 aliphatic heterocycles. The van der Waals surface area contributed by atoms with Crippen molar-refractivity contribution < 1.29 is 33.3 Å². The molecule has 0 saturated heterocycles. The molecule has 28 heavy (non-hydrogen) atoms. The summed E-state index contributed by atoms with van der Waals surface area (Å²) in [5.41, 5.74) is 0.904. The van der Waals surface area contributed by atoms with Crippen LogP contribution in [0.3, 0.4) is 0 Å². The number of fused-ring (bicyclic) bond motifs is 1. The van der Waals surface area contributed by atoms with Crippen LogP contribution in [0.1, 0.15) is 35.3 Å². The SMILES string of the molecule is CCOc1cc(C(=O)N[C@@H]2CCOc3c(F)cccc32)ccc1OCC(=O)O. The Bertz CT molecular complexity index is 885. The molecule has 0 radical (unpaired) electrons. The van der Waals surface area contributed by atoms with Gasteiger partial charge in [-0.3, -0.25) is 4.79 Å². The molecule has 0 spiro atoms. The number of carbonyl (C=O) groups is 2. The third-order valence-corrected chi connectivity index (χ3v) is 4.19. The summed E-state index contributed by atoms with van der Waals surface area (Å²) in [5, 5.41) is 11.6. The van der Waals surface area contributed by atoms with Crippen LogP contribution in [0.5, 0.6) is 17.2 Å². The van der Waals surface area contributed by atoms with Gasteiger partial charge < -0.3 is 24.6 Å². The molecular weight excluding hydrogens is 369 g/mol. The van der Waals surface area contributed by atoms with Gasteiger partial charge in [0.25, 0.3) is 5.91 Å². The van der Waals surface area contributed by atoms with Gasteiger partial charge >= 0.3 is 5.97 Å². The minimum atomic E-state index is -1.12. The first kappa shape index (κ1) is 19.5. The van der Waals surface area contributed by atoms with Gasteiger partial charge in [-0.1, -0.05) is 12.1 Å². The average Bonchev–Trinajstić information content (AvgIpc) is 2.68. The van der Waals surface area contributed by atoms with E-state index in [9.17, 15) is 14.0 Å². The number of para-hydroxylation sites is 1. The quantitative estimate of drug-likeness (QED) is 0.756. The van der Waals surface area contributed by atoms with E-state index in [0.717, 1.165) is 0 Å². The second-order valence-corrected chi connectivity index (χ2v) is 6.10. The van der Waals surface area contributed by atoms with E-state index in [1.807, 2.05) is 0 Å². The van der Waals surface area contributed by atoms with Crippen LogP contribution >= 0.6 is 0 Å². The van der Waals surface area contributed by atoms with Gasteiger partial charge in [0.05, 0.1) is 19.3 Å². The fourth-order valence-corrected chi connectivity index (χ4v) is 2.95. The lowest BCUT2D eigenvalue weighted by Gasteiger charge is -2.27. The molecule has 0 fully saturated rings. The zero-order valence-corrected chi connectivity index (χ0v) is 15.2. The number of ether oxygens (including phenoxy) is 3. The molecule has 0 aliphatic carbocycles. The van der Waals surface area contributed by atoms with Crippen LogP contribution in [-0.4, -0.2) is 36.8 Å². The number of rotatable bonds is 7. The molecule has 2 N–H and O–H groups in total. The normalized spacial score (nSPS) is 15.1. The molecule has 1 amide bonds. The van der Waals surface area contributed by atoms with Crippen LogP contribution in [0, 0.1) is 5.82 Å². The minimum absolute atomic E-state index is 0.159. The van der Waals surface area contributed by atoms with Gasteiger partial charge in [0.1, 0.15) is 0 Å². The molecule has 8 heteroatoms. The highest BCUT2D eigenvalue weighted by Crippen LogP contribution is 2.34. The van der Waals surface area contributed by atoms with Gasteiger partial charge in [0.15, 0.2) is 29.7 Å². The highest BCUT2D eigenvalue weighted by Gasteiger charge is 2.26. The van der Waals surface area contributed by atoms with Crippen LogP contribution in [0.25, 0.3) is 0 Å². The maximum atomic E-state index is 13.9. The highest BCUT2D eigenvalue weighted by atomic mass is 19.1. The van der Waals surface area contributed by atoms with Gasteiger partial charge in [-0.25, -0.2) is 9.18 Å². The summed E-state index contributed by atoms with van der Waals surface area (Å²) in [4.78, 5) is 23.4. The third kappa shape index (κ3) is 4.33. The zero-order chi connectivity index (χ0) is 20.1. The predicted molar refractivity (Wildman–Crippen MR) is 97.5 cm³/mol. The number of hydrogen-bond donors (Lipinski definition) is 2. The molecule has 2 aromatic carbocycles. The Hall–Kier alpha value is -3.29. The Labute approximate surface area is 161 Å². The van der Waals surface area contributed by atoms with Crippen LogP contribution in [0.4, 0.5) is 4.39 Å². The van der Waals surface area contributed by atoms with Gasteiger partial charge in [-0.05, 0) is 31.2 Å². The van der Waals surface area contributed by atoms with Gasteiger partial charge in [-0.2, -0.15) is 0 Å². The maximum absolute atomic E-state index is 13.9. The summed E-state index contributed by atoms with van der Waals surface area (Å²) >= 11 is 0. The summed E-state index contributed by atoms with van der Waals surface area (Å²) in [6.07, 6.45) is 0.514. The van der Waals surface area contributed by atoms with Crippen molar-refractivity contribution in [2.75, 3.05) is 19.8 Å². The fraction of sp³-hybridized carbons (Fsp3) is 0.300. The van der Waals surface area contributed by atoms with Crippen molar-refractivity contribution in [3.05, 3.63) is 53.3 Å².